The van der Waals surface area contributed by atoms with Crippen molar-refractivity contribution in [1.82, 2.24) is 5.32 Å². The molecule has 0 radical (unpaired) electrons. The van der Waals surface area contributed by atoms with Crippen LogP contribution in [0, 0.1) is 0 Å². The van der Waals surface area contributed by atoms with Gasteiger partial charge >= 0.3 is 0 Å². The summed E-state index contributed by atoms with van der Waals surface area (Å²) in [4.78, 5) is 13.4. The summed E-state index contributed by atoms with van der Waals surface area (Å²) >= 11 is 0. The fourth-order valence-corrected chi connectivity index (χ4v) is 4.31. The van der Waals surface area contributed by atoms with Crippen LogP contribution in [0.1, 0.15) is 32.3 Å². The largest absolute Gasteiger partial charge is 0.497 e. The Balaban J connectivity index is 1.85. The Bertz CT molecular complexity index is 783. The topological polar surface area (TPSA) is 84.5 Å². The number of ether oxygens (including phenoxy) is 6. The van der Waals surface area contributed by atoms with Gasteiger partial charge in [0.1, 0.15) is 11.9 Å². The molecule has 1 aromatic carbocycles. The molecule has 8 heteroatoms. The lowest BCUT2D eigenvalue weighted by molar-refractivity contribution is -0.180. The molecule has 1 N–H and O–H groups in total. The highest BCUT2D eigenvalue weighted by Gasteiger charge is 2.57. The molecule has 0 aromatic heterocycles. The standard InChI is InChI=1S/C24H35NO7/c1-6-11-29-19-14-24(22(26)25-10-12-27-4,15-20-21(19)32-23(2,3)31-20)30-16-17-8-7-9-18(13-17)28-5/h6-9,13,19-21H,1,10-12,14-16H2,2-5H3,(H,25,26)/t19-,20-,21+,24-/m1/s1. The molecule has 1 aliphatic carbocycles. The zero-order valence-corrected chi connectivity index (χ0v) is 19.4. The van der Waals surface area contributed by atoms with Crippen molar-refractivity contribution < 1.29 is 33.2 Å². The molecule has 2 aliphatic rings. The van der Waals surface area contributed by atoms with E-state index in [4.69, 9.17) is 28.4 Å². The predicted octanol–water partition coefficient (Wildman–Crippen LogP) is 2.60. The van der Waals surface area contributed by atoms with Gasteiger partial charge in [-0.2, -0.15) is 0 Å². The second-order valence-electron chi connectivity index (χ2n) is 8.59. The molecule has 1 heterocycles. The minimum Gasteiger partial charge on any atom is -0.497 e. The zero-order valence-electron chi connectivity index (χ0n) is 19.4. The summed E-state index contributed by atoms with van der Waals surface area (Å²) in [5, 5.41) is 2.94. The maximum atomic E-state index is 13.4. The molecule has 1 amide bonds. The summed E-state index contributed by atoms with van der Waals surface area (Å²) < 4.78 is 35.1. The molecule has 1 saturated carbocycles. The van der Waals surface area contributed by atoms with Crippen LogP contribution in [0.4, 0.5) is 0 Å². The van der Waals surface area contributed by atoms with Crippen molar-refractivity contribution in [2.75, 3.05) is 34.0 Å². The van der Waals surface area contributed by atoms with Crippen molar-refractivity contribution in [3.05, 3.63) is 42.5 Å². The van der Waals surface area contributed by atoms with Crippen LogP contribution < -0.4 is 10.1 Å². The summed E-state index contributed by atoms with van der Waals surface area (Å²) in [5.74, 6) is -0.244. The molecule has 1 aromatic rings. The van der Waals surface area contributed by atoms with E-state index in [1.54, 1.807) is 20.3 Å². The van der Waals surface area contributed by atoms with E-state index in [0.29, 0.717) is 32.6 Å². The number of carbonyl (C=O) groups is 1. The lowest BCUT2D eigenvalue weighted by Crippen LogP contribution is -2.60. The Morgan fingerprint density at radius 3 is 2.81 bits per heavy atom. The normalized spacial score (nSPS) is 28.7. The van der Waals surface area contributed by atoms with Crippen LogP contribution in [0.15, 0.2) is 36.9 Å². The third-order valence-corrected chi connectivity index (χ3v) is 5.73. The number of methoxy groups -OCH3 is 2. The predicted molar refractivity (Wildman–Crippen MR) is 118 cm³/mol. The van der Waals surface area contributed by atoms with Crippen LogP contribution in [0.3, 0.4) is 0 Å². The highest BCUT2D eigenvalue weighted by molar-refractivity contribution is 5.85. The average Bonchev–Trinajstić information content (AvgIpc) is 3.10. The summed E-state index contributed by atoms with van der Waals surface area (Å²) in [6.07, 6.45) is 1.37. The number of hydrogen-bond donors (Lipinski definition) is 1. The van der Waals surface area contributed by atoms with Gasteiger partial charge in [0.2, 0.25) is 0 Å². The first kappa shape index (κ1) is 24.7. The fraction of sp³-hybridized carbons (Fsp3) is 0.625. The van der Waals surface area contributed by atoms with Crippen molar-refractivity contribution in [2.24, 2.45) is 0 Å². The average molecular weight is 450 g/mol. The highest BCUT2D eigenvalue weighted by Crippen LogP contribution is 2.44. The summed E-state index contributed by atoms with van der Waals surface area (Å²) in [6.45, 7) is 8.85. The number of rotatable bonds is 11. The highest BCUT2D eigenvalue weighted by atomic mass is 16.8. The molecule has 0 spiro atoms. The third-order valence-electron chi connectivity index (χ3n) is 5.73. The number of benzene rings is 1. The first-order valence-corrected chi connectivity index (χ1v) is 10.9. The summed E-state index contributed by atoms with van der Waals surface area (Å²) in [5.41, 5.74) is -0.240. The van der Waals surface area contributed by atoms with Crippen LogP contribution in [0.2, 0.25) is 0 Å². The quantitative estimate of drug-likeness (QED) is 0.411. The van der Waals surface area contributed by atoms with Gasteiger partial charge in [-0.1, -0.05) is 18.2 Å². The Morgan fingerprint density at radius 1 is 1.28 bits per heavy atom. The molecule has 2 fully saturated rings. The number of hydrogen-bond acceptors (Lipinski definition) is 7. The van der Waals surface area contributed by atoms with E-state index in [1.807, 2.05) is 38.1 Å². The van der Waals surface area contributed by atoms with E-state index in [0.717, 1.165) is 11.3 Å². The van der Waals surface area contributed by atoms with Crippen molar-refractivity contribution in [2.45, 2.75) is 63.0 Å². The van der Waals surface area contributed by atoms with Gasteiger partial charge in [0.05, 0.1) is 39.1 Å². The Hall–Kier alpha value is -1.97. The van der Waals surface area contributed by atoms with E-state index in [2.05, 4.69) is 11.9 Å². The SMILES string of the molecule is C=CCO[C@@H]1C[C@](OCc2cccc(OC)c2)(C(=O)NCCOC)C[C@H]2OC(C)(C)O[C@@H]12. The number of carbonyl (C=O) groups excluding carboxylic acids is 1. The van der Waals surface area contributed by atoms with E-state index < -0.39 is 11.4 Å². The molecule has 3 rings (SSSR count). The van der Waals surface area contributed by atoms with Crippen LogP contribution in [0.25, 0.3) is 0 Å². The van der Waals surface area contributed by atoms with Crippen molar-refractivity contribution >= 4 is 5.91 Å². The molecular formula is C24H35NO7. The molecule has 1 saturated heterocycles. The van der Waals surface area contributed by atoms with Crippen LogP contribution >= 0.6 is 0 Å². The molecule has 1 aliphatic heterocycles. The molecular weight excluding hydrogens is 414 g/mol. The molecule has 32 heavy (non-hydrogen) atoms. The summed E-state index contributed by atoms with van der Waals surface area (Å²) in [6, 6.07) is 7.60. The maximum Gasteiger partial charge on any atom is 0.252 e. The first-order valence-electron chi connectivity index (χ1n) is 10.9. The molecule has 178 valence electrons. The van der Waals surface area contributed by atoms with E-state index >= 15 is 0 Å². The number of fused-ring (bicyclic) bond motifs is 1. The van der Waals surface area contributed by atoms with Crippen molar-refractivity contribution in [3.8, 4) is 5.75 Å². The molecule has 4 atom stereocenters. The van der Waals surface area contributed by atoms with Crippen LogP contribution in [-0.2, 0) is 35.1 Å². The smallest absolute Gasteiger partial charge is 0.252 e. The Labute approximate surface area is 190 Å². The Morgan fingerprint density at radius 2 is 2.09 bits per heavy atom. The lowest BCUT2D eigenvalue weighted by Gasteiger charge is -2.43. The van der Waals surface area contributed by atoms with Gasteiger partial charge < -0.3 is 33.7 Å². The van der Waals surface area contributed by atoms with Gasteiger partial charge in [0.15, 0.2) is 11.4 Å². The Kier molecular flexibility index (Phi) is 8.30. The van der Waals surface area contributed by atoms with Gasteiger partial charge in [-0.15, -0.1) is 6.58 Å². The second kappa shape index (κ2) is 10.8. The minimum absolute atomic E-state index is 0.212. The van der Waals surface area contributed by atoms with Gasteiger partial charge in [0.25, 0.3) is 5.91 Å². The van der Waals surface area contributed by atoms with Crippen molar-refractivity contribution in [1.29, 1.82) is 0 Å². The molecule has 8 nitrogen and oxygen atoms in total. The maximum absolute atomic E-state index is 13.4. The number of nitrogens with one attached hydrogen (secondary N) is 1. The molecule has 0 bridgehead atoms. The van der Waals surface area contributed by atoms with Gasteiger partial charge in [-0.25, -0.2) is 0 Å². The minimum atomic E-state index is -1.15. The fourth-order valence-electron chi connectivity index (χ4n) is 4.31. The third kappa shape index (κ3) is 5.88. The zero-order chi connectivity index (χ0) is 23.2. The monoisotopic (exact) mass is 449 g/mol. The second-order valence-corrected chi connectivity index (χ2v) is 8.59. The number of amides is 1. The van der Waals surface area contributed by atoms with Crippen molar-refractivity contribution in [3.63, 3.8) is 0 Å². The van der Waals surface area contributed by atoms with Gasteiger partial charge in [-0.05, 0) is 31.5 Å². The van der Waals surface area contributed by atoms with Crippen LogP contribution in [-0.4, -0.2) is 69.6 Å². The molecule has 0 unspecified atom stereocenters. The van der Waals surface area contributed by atoms with E-state index in [-0.39, 0.29) is 30.8 Å². The summed E-state index contributed by atoms with van der Waals surface area (Å²) in [7, 11) is 3.21. The van der Waals surface area contributed by atoms with E-state index in [9.17, 15) is 4.79 Å². The van der Waals surface area contributed by atoms with Gasteiger partial charge in [0, 0.05) is 26.5 Å². The first-order chi connectivity index (χ1) is 15.3. The van der Waals surface area contributed by atoms with Gasteiger partial charge in [-0.3, -0.25) is 4.79 Å². The van der Waals surface area contributed by atoms with Crippen LogP contribution in [0.5, 0.6) is 5.75 Å². The lowest BCUT2D eigenvalue weighted by atomic mass is 9.78. The van der Waals surface area contributed by atoms with E-state index in [1.165, 1.54) is 0 Å².